The SMILES string of the molecule is COC(=O)CN(C)C(=O)C1CCC(=O)N(C2CCCC2)C1. The van der Waals surface area contributed by atoms with Crippen LogP contribution in [0.2, 0.25) is 0 Å². The summed E-state index contributed by atoms with van der Waals surface area (Å²) in [6.07, 6.45) is 5.42. The third-order valence-corrected chi connectivity index (χ3v) is 4.53. The van der Waals surface area contributed by atoms with E-state index < -0.39 is 5.97 Å². The topological polar surface area (TPSA) is 66.9 Å². The molecule has 0 aromatic heterocycles. The van der Waals surface area contributed by atoms with Gasteiger partial charge in [0.25, 0.3) is 0 Å². The number of esters is 1. The van der Waals surface area contributed by atoms with Crippen molar-refractivity contribution in [2.24, 2.45) is 5.92 Å². The molecule has 1 atom stereocenters. The molecule has 1 heterocycles. The number of likely N-dealkylation sites (tertiary alicyclic amines) is 1. The second-order valence-corrected chi connectivity index (χ2v) is 5.99. The summed E-state index contributed by atoms with van der Waals surface area (Å²) < 4.78 is 4.58. The largest absolute Gasteiger partial charge is 0.468 e. The minimum atomic E-state index is -0.426. The molecule has 118 valence electrons. The highest BCUT2D eigenvalue weighted by Gasteiger charge is 2.36. The molecule has 2 aliphatic rings. The monoisotopic (exact) mass is 296 g/mol. The Morgan fingerprint density at radius 3 is 2.57 bits per heavy atom. The maximum absolute atomic E-state index is 12.4. The van der Waals surface area contributed by atoms with Crippen molar-refractivity contribution in [3.63, 3.8) is 0 Å². The third kappa shape index (κ3) is 3.74. The minimum absolute atomic E-state index is 0.0385. The van der Waals surface area contributed by atoms with Crippen LogP contribution in [0.5, 0.6) is 0 Å². The second kappa shape index (κ2) is 6.91. The van der Waals surface area contributed by atoms with Crippen molar-refractivity contribution >= 4 is 17.8 Å². The predicted molar refractivity (Wildman–Crippen MR) is 76.3 cm³/mol. The number of methoxy groups -OCH3 is 1. The van der Waals surface area contributed by atoms with Crippen molar-refractivity contribution in [2.75, 3.05) is 27.2 Å². The molecule has 2 rings (SSSR count). The van der Waals surface area contributed by atoms with Gasteiger partial charge in [0.2, 0.25) is 11.8 Å². The fourth-order valence-electron chi connectivity index (χ4n) is 3.29. The van der Waals surface area contributed by atoms with Crippen molar-refractivity contribution in [1.29, 1.82) is 0 Å². The Kier molecular flexibility index (Phi) is 5.20. The van der Waals surface area contributed by atoms with Crippen LogP contribution in [0, 0.1) is 5.92 Å². The van der Waals surface area contributed by atoms with Crippen LogP contribution < -0.4 is 0 Å². The molecule has 1 aliphatic carbocycles. The first kappa shape index (κ1) is 15.8. The van der Waals surface area contributed by atoms with Crippen LogP contribution in [0.3, 0.4) is 0 Å². The first-order valence-electron chi connectivity index (χ1n) is 7.64. The van der Waals surface area contributed by atoms with Gasteiger partial charge in [-0.25, -0.2) is 0 Å². The molecule has 0 radical (unpaired) electrons. The lowest BCUT2D eigenvalue weighted by Gasteiger charge is -2.37. The summed E-state index contributed by atoms with van der Waals surface area (Å²) in [7, 11) is 2.91. The van der Waals surface area contributed by atoms with Crippen LogP contribution in [0.15, 0.2) is 0 Å². The lowest BCUT2D eigenvalue weighted by Crippen LogP contribution is -2.50. The van der Waals surface area contributed by atoms with Crippen molar-refractivity contribution in [2.45, 2.75) is 44.6 Å². The standard InChI is InChI=1S/C15H24N2O4/c1-16(10-14(19)21-2)15(20)11-7-8-13(18)17(9-11)12-5-3-4-6-12/h11-12H,3-10H2,1-2H3. The molecule has 2 fully saturated rings. The van der Waals surface area contributed by atoms with Crippen molar-refractivity contribution in [1.82, 2.24) is 9.80 Å². The van der Waals surface area contributed by atoms with Crippen LogP contribution in [0.25, 0.3) is 0 Å². The fraction of sp³-hybridized carbons (Fsp3) is 0.800. The molecule has 6 nitrogen and oxygen atoms in total. The summed E-state index contributed by atoms with van der Waals surface area (Å²) in [5, 5.41) is 0. The zero-order valence-electron chi connectivity index (χ0n) is 12.8. The van der Waals surface area contributed by atoms with E-state index in [1.807, 2.05) is 4.90 Å². The van der Waals surface area contributed by atoms with Crippen molar-refractivity contribution in [3.8, 4) is 0 Å². The van der Waals surface area contributed by atoms with Gasteiger partial charge in [-0.05, 0) is 19.3 Å². The molecule has 1 saturated heterocycles. The number of rotatable bonds is 4. The number of amides is 2. The van der Waals surface area contributed by atoms with Gasteiger partial charge in [-0.2, -0.15) is 0 Å². The maximum Gasteiger partial charge on any atom is 0.325 e. The highest BCUT2D eigenvalue weighted by atomic mass is 16.5. The summed E-state index contributed by atoms with van der Waals surface area (Å²) in [4.78, 5) is 39.0. The number of likely N-dealkylation sites (N-methyl/N-ethyl adjacent to an activating group) is 1. The number of nitrogens with zero attached hydrogens (tertiary/aromatic N) is 2. The predicted octanol–water partition coefficient (Wildman–Crippen LogP) is 0.799. The molecule has 0 bridgehead atoms. The average Bonchev–Trinajstić information content (AvgIpc) is 3.00. The number of ether oxygens (including phenoxy) is 1. The van der Waals surface area contributed by atoms with E-state index in [0.717, 1.165) is 25.7 Å². The second-order valence-electron chi connectivity index (χ2n) is 5.99. The van der Waals surface area contributed by atoms with E-state index in [0.29, 0.717) is 25.4 Å². The zero-order valence-corrected chi connectivity index (χ0v) is 12.8. The van der Waals surface area contributed by atoms with Gasteiger partial charge < -0.3 is 14.5 Å². The normalized spacial score (nSPS) is 23.2. The van der Waals surface area contributed by atoms with Gasteiger partial charge in [0.05, 0.1) is 13.0 Å². The van der Waals surface area contributed by atoms with E-state index in [-0.39, 0.29) is 24.3 Å². The first-order chi connectivity index (χ1) is 10.0. The summed E-state index contributed by atoms with van der Waals surface area (Å²) in [6.45, 7) is 0.455. The van der Waals surface area contributed by atoms with E-state index in [2.05, 4.69) is 4.74 Å². The first-order valence-corrected chi connectivity index (χ1v) is 7.64. The maximum atomic E-state index is 12.4. The lowest BCUT2D eigenvalue weighted by molar-refractivity contribution is -0.150. The lowest BCUT2D eigenvalue weighted by atomic mass is 9.94. The molecule has 1 unspecified atom stereocenters. The third-order valence-electron chi connectivity index (χ3n) is 4.53. The Morgan fingerprint density at radius 2 is 1.95 bits per heavy atom. The molecule has 21 heavy (non-hydrogen) atoms. The number of piperidine rings is 1. The minimum Gasteiger partial charge on any atom is -0.468 e. The van der Waals surface area contributed by atoms with E-state index in [1.54, 1.807) is 7.05 Å². The van der Waals surface area contributed by atoms with Gasteiger partial charge in [0.1, 0.15) is 6.54 Å². The Morgan fingerprint density at radius 1 is 1.29 bits per heavy atom. The zero-order chi connectivity index (χ0) is 15.4. The number of carbonyl (C=O) groups excluding carboxylic acids is 3. The van der Waals surface area contributed by atoms with E-state index in [4.69, 9.17) is 0 Å². The molecule has 1 saturated carbocycles. The van der Waals surface area contributed by atoms with Crippen LogP contribution >= 0.6 is 0 Å². The highest BCUT2D eigenvalue weighted by molar-refractivity contribution is 5.86. The Bertz CT molecular complexity index is 418. The summed E-state index contributed by atoms with van der Waals surface area (Å²) in [5.74, 6) is -0.527. The van der Waals surface area contributed by atoms with Gasteiger partial charge >= 0.3 is 5.97 Å². The molecule has 2 amide bonds. The smallest absolute Gasteiger partial charge is 0.325 e. The van der Waals surface area contributed by atoms with Crippen LogP contribution in [0.1, 0.15) is 38.5 Å². The average molecular weight is 296 g/mol. The van der Waals surface area contributed by atoms with Gasteiger partial charge in [0, 0.05) is 26.1 Å². The summed E-state index contributed by atoms with van der Waals surface area (Å²) in [6, 6.07) is 0.305. The fourth-order valence-corrected chi connectivity index (χ4v) is 3.29. The van der Waals surface area contributed by atoms with Gasteiger partial charge in [-0.3, -0.25) is 14.4 Å². The molecular formula is C15H24N2O4. The summed E-state index contributed by atoms with van der Waals surface area (Å²) in [5.41, 5.74) is 0. The highest BCUT2D eigenvalue weighted by Crippen LogP contribution is 2.29. The Hall–Kier alpha value is -1.59. The van der Waals surface area contributed by atoms with E-state index in [9.17, 15) is 14.4 Å². The number of hydrogen-bond donors (Lipinski definition) is 0. The molecule has 0 N–H and O–H groups in total. The van der Waals surface area contributed by atoms with Crippen LogP contribution in [-0.2, 0) is 19.1 Å². The van der Waals surface area contributed by atoms with Crippen molar-refractivity contribution < 1.29 is 19.1 Å². The van der Waals surface area contributed by atoms with Crippen LogP contribution in [0.4, 0.5) is 0 Å². The Labute approximate surface area is 125 Å². The quantitative estimate of drug-likeness (QED) is 0.720. The van der Waals surface area contributed by atoms with E-state index in [1.165, 1.54) is 12.0 Å². The van der Waals surface area contributed by atoms with Gasteiger partial charge in [-0.1, -0.05) is 12.8 Å². The molecular weight excluding hydrogens is 272 g/mol. The van der Waals surface area contributed by atoms with Gasteiger partial charge in [-0.15, -0.1) is 0 Å². The molecule has 1 aliphatic heterocycles. The summed E-state index contributed by atoms with van der Waals surface area (Å²) >= 11 is 0. The number of carbonyl (C=O) groups is 3. The molecule has 0 aromatic carbocycles. The number of hydrogen-bond acceptors (Lipinski definition) is 4. The van der Waals surface area contributed by atoms with Gasteiger partial charge in [0.15, 0.2) is 0 Å². The Balaban J connectivity index is 1.95. The molecule has 6 heteroatoms. The molecule has 0 aromatic rings. The molecule has 0 spiro atoms. The van der Waals surface area contributed by atoms with Crippen molar-refractivity contribution in [3.05, 3.63) is 0 Å². The van der Waals surface area contributed by atoms with E-state index >= 15 is 0 Å². The van der Waals surface area contributed by atoms with Crippen LogP contribution in [-0.4, -0.2) is 60.9 Å².